The van der Waals surface area contributed by atoms with Gasteiger partial charge in [0.25, 0.3) is 5.91 Å². The number of ether oxygens (including phenoxy) is 1. The molecule has 1 N–H and O–H groups in total. The standard InChI is InChI=1S/C16H24N4O2/c1-2-14-13(15(21)18-12-6-5-9-22-11-12)10-17-16(19-14)20-7-3-4-8-20/h10,12H,2-9,11H2,1H3,(H,18,21)/t12-/m1/s1. The molecule has 0 unspecified atom stereocenters. The minimum atomic E-state index is -0.0830. The summed E-state index contributed by atoms with van der Waals surface area (Å²) in [5.41, 5.74) is 1.42. The van der Waals surface area contributed by atoms with Crippen molar-refractivity contribution in [2.45, 2.75) is 45.1 Å². The summed E-state index contributed by atoms with van der Waals surface area (Å²) in [5, 5.41) is 3.04. The maximum Gasteiger partial charge on any atom is 0.255 e. The predicted octanol–water partition coefficient (Wildman–Crippen LogP) is 1.55. The van der Waals surface area contributed by atoms with Gasteiger partial charge >= 0.3 is 0 Å². The number of carbonyl (C=O) groups excluding carboxylic acids is 1. The van der Waals surface area contributed by atoms with E-state index >= 15 is 0 Å². The zero-order valence-corrected chi connectivity index (χ0v) is 13.2. The third-order valence-electron chi connectivity index (χ3n) is 4.32. The number of rotatable bonds is 4. The van der Waals surface area contributed by atoms with E-state index in [2.05, 4.69) is 20.2 Å². The van der Waals surface area contributed by atoms with Crippen LogP contribution in [0, 0.1) is 0 Å². The Morgan fingerprint density at radius 1 is 1.41 bits per heavy atom. The van der Waals surface area contributed by atoms with Gasteiger partial charge < -0.3 is 15.0 Å². The van der Waals surface area contributed by atoms with E-state index in [0.717, 1.165) is 50.6 Å². The number of carbonyl (C=O) groups is 1. The lowest BCUT2D eigenvalue weighted by molar-refractivity contribution is 0.0623. The van der Waals surface area contributed by atoms with Gasteiger partial charge in [-0.2, -0.15) is 0 Å². The highest BCUT2D eigenvalue weighted by atomic mass is 16.5. The zero-order chi connectivity index (χ0) is 15.4. The summed E-state index contributed by atoms with van der Waals surface area (Å²) in [6.07, 6.45) is 6.76. The molecule has 22 heavy (non-hydrogen) atoms. The quantitative estimate of drug-likeness (QED) is 0.914. The molecule has 120 valence electrons. The molecule has 0 radical (unpaired) electrons. The Kier molecular flexibility index (Phi) is 4.87. The number of nitrogens with zero attached hydrogens (tertiary/aromatic N) is 3. The van der Waals surface area contributed by atoms with Crippen molar-refractivity contribution in [2.75, 3.05) is 31.2 Å². The van der Waals surface area contributed by atoms with Gasteiger partial charge in [0.05, 0.1) is 23.9 Å². The third kappa shape index (κ3) is 3.38. The molecule has 3 heterocycles. The van der Waals surface area contributed by atoms with Crippen LogP contribution in [0.25, 0.3) is 0 Å². The number of aryl methyl sites for hydroxylation is 1. The lowest BCUT2D eigenvalue weighted by atomic mass is 10.1. The summed E-state index contributed by atoms with van der Waals surface area (Å²) < 4.78 is 5.41. The lowest BCUT2D eigenvalue weighted by Crippen LogP contribution is -2.41. The molecule has 2 aliphatic rings. The summed E-state index contributed by atoms with van der Waals surface area (Å²) in [5.74, 6) is 0.673. The third-order valence-corrected chi connectivity index (χ3v) is 4.32. The molecule has 6 nitrogen and oxygen atoms in total. The van der Waals surface area contributed by atoms with Gasteiger partial charge in [-0.15, -0.1) is 0 Å². The number of aromatic nitrogens is 2. The van der Waals surface area contributed by atoms with Crippen LogP contribution in [0.1, 0.15) is 48.7 Å². The summed E-state index contributed by atoms with van der Waals surface area (Å²) in [6, 6.07) is 0.101. The van der Waals surface area contributed by atoms with Crippen molar-refractivity contribution in [3.05, 3.63) is 17.5 Å². The van der Waals surface area contributed by atoms with E-state index in [4.69, 9.17) is 4.74 Å². The smallest absolute Gasteiger partial charge is 0.255 e. The van der Waals surface area contributed by atoms with Crippen LogP contribution in [0.2, 0.25) is 0 Å². The second-order valence-corrected chi connectivity index (χ2v) is 5.97. The van der Waals surface area contributed by atoms with Crippen molar-refractivity contribution >= 4 is 11.9 Å². The first kappa shape index (κ1) is 15.2. The fourth-order valence-electron chi connectivity index (χ4n) is 3.05. The topological polar surface area (TPSA) is 67.4 Å². The molecule has 1 atom stereocenters. The normalized spacial score (nSPS) is 21.9. The second kappa shape index (κ2) is 7.05. The summed E-state index contributed by atoms with van der Waals surface area (Å²) in [7, 11) is 0. The van der Waals surface area contributed by atoms with E-state index in [9.17, 15) is 4.79 Å². The highest BCUT2D eigenvalue weighted by Crippen LogP contribution is 2.18. The zero-order valence-electron chi connectivity index (χ0n) is 13.2. The van der Waals surface area contributed by atoms with Crippen LogP contribution in [0.15, 0.2) is 6.20 Å². The molecule has 0 saturated carbocycles. The van der Waals surface area contributed by atoms with E-state index in [1.807, 2.05) is 6.92 Å². The maximum atomic E-state index is 12.5. The molecule has 2 saturated heterocycles. The molecule has 1 aromatic rings. The van der Waals surface area contributed by atoms with Gasteiger partial charge in [-0.05, 0) is 32.1 Å². The van der Waals surface area contributed by atoms with Gasteiger partial charge in [0, 0.05) is 25.9 Å². The lowest BCUT2D eigenvalue weighted by Gasteiger charge is -2.23. The summed E-state index contributed by atoms with van der Waals surface area (Å²) in [6.45, 7) is 5.43. The summed E-state index contributed by atoms with van der Waals surface area (Å²) in [4.78, 5) is 23.7. The Hall–Kier alpha value is -1.69. The van der Waals surface area contributed by atoms with Crippen LogP contribution in [0.4, 0.5) is 5.95 Å². The summed E-state index contributed by atoms with van der Waals surface area (Å²) >= 11 is 0. The highest BCUT2D eigenvalue weighted by Gasteiger charge is 2.21. The number of nitrogens with one attached hydrogen (secondary N) is 1. The molecule has 2 aliphatic heterocycles. The Bertz CT molecular complexity index is 523. The molecule has 0 aromatic carbocycles. The van der Waals surface area contributed by atoms with Crippen molar-refractivity contribution in [3.63, 3.8) is 0 Å². The van der Waals surface area contributed by atoms with Crippen molar-refractivity contribution in [3.8, 4) is 0 Å². The molecule has 2 fully saturated rings. The molecule has 0 bridgehead atoms. The van der Waals surface area contributed by atoms with Crippen LogP contribution in [-0.2, 0) is 11.2 Å². The fraction of sp³-hybridized carbons (Fsp3) is 0.688. The number of anilines is 1. The van der Waals surface area contributed by atoms with Gasteiger partial charge in [-0.3, -0.25) is 4.79 Å². The molecule has 6 heteroatoms. The molecule has 1 amide bonds. The monoisotopic (exact) mass is 304 g/mol. The van der Waals surface area contributed by atoms with Gasteiger partial charge in [-0.1, -0.05) is 6.92 Å². The molecule has 3 rings (SSSR count). The van der Waals surface area contributed by atoms with Gasteiger partial charge in [-0.25, -0.2) is 9.97 Å². The average molecular weight is 304 g/mol. The van der Waals surface area contributed by atoms with E-state index in [1.54, 1.807) is 6.20 Å². The number of hydrogen-bond acceptors (Lipinski definition) is 5. The van der Waals surface area contributed by atoms with Crippen LogP contribution >= 0.6 is 0 Å². The Morgan fingerprint density at radius 3 is 2.91 bits per heavy atom. The Balaban J connectivity index is 1.72. The molecule has 0 spiro atoms. The molecule has 0 aliphatic carbocycles. The second-order valence-electron chi connectivity index (χ2n) is 5.97. The van der Waals surface area contributed by atoms with E-state index in [1.165, 1.54) is 12.8 Å². The Labute approximate surface area is 131 Å². The first-order valence-electron chi connectivity index (χ1n) is 8.27. The Morgan fingerprint density at radius 2 is 2.23 bits per heavy atom. The minimum Gasteiger partial charge on any atom is -0.379 e. The minimum absolute atomic E-state index is 0.0830. The molecule has 1 aromatic heterocycles. The fourth-order valence-corrected chi connectivity index (χ4v) is 3.05. The van der Waals surface area contributed by atoms with E-state index < -0.39 is 0 Å². The van der Waals surface area contributed by atoms with E-state index in [-0.39, 0.29) is 11.9 Å². The van der Waals surface area contributed by atoms with Gasteiger partial charge in [0.15, 0.2) is 0 Å². The van der Waals surface area contributed by atoms with Gasteiger partial charge in [0.1, 0.15) is 0 Å². The highest BCUT2D eigenvalue weighted by molar-refractivity contribution is 5.95. The number of amides is 1. The van der Waals surface area contributed by atoms with Crippen molar-refractivity contribution in [1.29, 1.82) is 0 Å². The van der Waals surface area contributed by atoms with Crippen molar-refractivity contribution in [1.82, 2.24) is 15.3 Å². The maximum absolute atomic E-state index is 12.5. The molecular weight excluding hydrogens is 280 g/mol. The van der Waals surface area contributed by atoms with Crippen LogP contribution in [0.5, 0.6) is 0 Å². The van der Waals surface area contributed by atoms with Crippen molar-refractivity contribution < 1.29 is 9.53 Å². The molecular formula is C16H24N4O2. The van der Waals surface area contributed by atoms with Crippen molar-refractivity contribution in [2.24, 2.45) is 0 Å². The van der Waals surface area contributed by atoms with Gasteiger partial charge in [0.2, 0.25) is 5.95 Å². The first-order chi connectivity index (χ1) is 10.8. The first-order valence-corrected chi connectivity index (χ1v) is 8.27. The SMILES string of the molecule is CCc1nc(N2CCCC2)ncc1C(=O)N[C@@H]1CCCOC1. The number of hydrogen-bond donors (Lipinski definition) is 1. The van der Waals surface area contributed by atoms with E-state index in [0.29, 0.717) is 12.2 Å². The predicted molar refractivity (Wildman–Crippen MR) is 84.2 cm³/mol. The average Bonchev–Trinajstić information content (AvgIpc) is 3.09. The van der Waals surface area contributed by atoms with Crippen LogP contribution < -0.4 is 10.2 Å². The van der Waals surface area contributed by atoms with Crippen LogP contribution in [0.3, 0.4) is 0 Å². The van der Waals surface area contributed by atoms with Crippen LogP contribution in [-0.4, -0.2) is 48.2 Å². The largest absolute Gasteiger partial charge is 0.379 e.